The van der Waals surface area contributed by atoms with Gasteiger partial charge in [-0.2, -0.15) is 0 Å². The van der Waals surface area contributed by atoms with E-state index < -0.39 is 0 Å². The maximum atomic E-state index is 12.0. The van der Waals surface area contributed by atoms with Crippen molar-refractivity contribution in [1.29, 1.82) is 0 Å². The van der Waals surface area contributed by atoms with E-state index in [4.69, 9.17) is 21.1 Å². The second-order valence-electron chi connectivity index (χ2n) is 5.04. The Morgan fingerprint density at radius 2 is 1.86 bits per heavy atom. The van der Waals surface area contributed by atoms with Crippen molar-refractivity contribution in [1.82, 2.24) is 5.32 Å². The van der Waals surface area contributed by atoms with Gasteiger partial charge in [0, 0.05) is 6.54 Å². The number of rotatable bonds is 4. The van der Waals surface area contributed by atoms with Crippen LogP contribution in [0.2, 0.25) is 5.02 Å². The molecule has 0 spiro atoms. The third kappa shape index (κ3) is 3.52. The molecule has 1 amide bonds. The second kappa shape index (κ2) is 6.71. The van der Waals surface area contributed by atoms with Gasteiger partial charge in [0.15, 0.2) is 11.5 Å². The van der Waals surface area contributed by atoms with Gasteiger partial charge in [-0.3, -0.25) is 4.79 Å². The van der Waals surface area contributed by atoms with Gasteiger partial charge in [-0.15, -0.1) is 0 Å². The number of halogens is 1. The van der Waals surface area contributed by atoms with Crippen LogP contribution in [0, 0.1) is 0 Å². The Hall–Kier alpha value is -2.20. The van der Waals surface area contributed by atoms with E-state index in [0.717, 1.165) is 11.1 Å². The fourth-order valence-corrected chi connectivity index (χ4v) is 2.60. The third-order valence-electron chi connectivity index (χ3n) is 3.35. The molecule has 114 valence electrons. The van der Waals surface area contributed by atoms with Gasteiger partial charge >= 0.3 is 0 Å². The zero-order chi connectivity index (χ0) is 15.4. The summed E-state index contributed by atoms with van der Waals surface area (Å²) in [7, 11) is 0. The zero-order valence-corrected chi connectivity index (χ0v) is 12.7. The standard InChI is InChI=1S/C17H16ClNO3/c18-14-8-13(9-15-17(14)22-7-6-21-15)10-16(20)19-11-12-4-2-1-3-5-12/h1-5,8-9H,6-7,10-11H2,(H,19,20). The minimum atomic E-state index is -0.0587. The van der Waals surface area contributed by atoms with Gasteiger partial charge in [0.1, 0.15) is 13.2 Å². The van der Waals surface area contributed by atoms with Crippen LogP contribution in [0.25, 0.3) is 0 Å². The molecule has 0 bridgehead atoms. The molecule has 3 rings (SSSR count). The molecular weight excluding hydrogens is 302 g/mol. The van der Waals surface area contributed by atoms with Gasteiger partial charge < -0.3 is 14.8 Å². The summed E-state index contributed by atoms with van der Waals surface area (Å²) in [5, 5.41) is 3.37. The summed E-state index contributed by atoms with van der Waals surface area (Å²) < 4.78 is 11.0. The van der Waals surface area contributed by atoms with Gasteiger partial charge in [-0.25, -0.2) is 0 Å². The lowest BCUT2D eigenvalue weighted by Gasteiger charge is -2.20. The van der Waals surface area contributed by atoms with Crippen LogP contribution in [-0.4, -0.2) is 19.1 Å². The van der Waals surface area contributed by atoms with Crippen molar-refractivity contribution < 1.29 is 14.3 Å². The first kappa shape index (κ1) is 14.7. The van der Waals surface area contributed by atoms with Crippen LogP contribution in [0.4, 0.5) is 0 Å². The van der Waals surface area contributed by atoms with Crippen molar-refractivity contribution in [3.05, 3.63) is 58.6 Å². The van der Waals surface area contributed by atoms with Crippen LogP contribution >= 0.6 is 11.6 Å². The average Bonchev–Trinajstić information content (AvgIpc) is 2.54. The molecule has 0 saturated heterocycles. The van der Waals surface area contributed by atoms with Crippen molar-refractivity contribution in [2.45, 2.75) is 13.0 Å². The maximum absolute atomic E-state index is 12.0. The molecule has 1 aliphatic heterocycles. The molecular formula is C17H16ClNO3. The predicted molar refractivity (Wildman–Crippen MR) is 84.4 cm³/mol. The smallest absolute Gasteiger partial charge is 0.224 e. The molecule has 0 atom stereocenters. The Kier molecular flexibility index (Phi) is 4.49. The lowest BCUT2D eigenvalue weighted by atomic mass is 10.1. The zero-order valence-electron chi connectivity index (χ0n) is 12.0. The molecule has 2 aromatic rings. The van der Waals surface area contributed by atoms with E-state index in [1.165, 1.54) is 0 Å². The summed E-state index contributed by atoms with van der Waals surface area (Å²) in [6.45, 7) is 1.49. The van der Waals surface area contributed by atoms with Crippen molar-refractivity contribution in [2.24, 2.45) is 0 Å². The molecule has 0 fully saturated rings. The van der Waals surface area contributed by atoms with Crippen molar-refractivity contribution in [2.75, 3.05) is 13.2 Å². The first-order valence-electron chi connectivity index (χ1n) is 7.11. The number of hydrogen-bond acceptors (Lipinski definition) is 3. The number of carbonyl (C=O) groups excluding carboxylic acids is 1. The first-order chi connectivity index (χ1) is 10.7. The molecule has 1 N–H and O–H groups in total. The molecule has 4 nitrogen and oxygen atoms in total. The number of amides is 1. The van der Waals surface area contributed by atoms with E-state index in [-0.39, 0.29) is 12.3 Å². The number of benzene rings is 2. The molecule has 2 aromatic carbocycles. The Morgan fingerprint density at radius 1 is 1.09 bits per heavy atom. The molecule has 0 saturated carbocycles. The number of fused-ring (bicyclic) bond motifs is 1. The van der Waals surface area contributed by atoms with Gasteiger partial charge in [0.05, 0.1) is 11.4 Å². The normalized spacial score (nSPS) is 12.8. The Bertz CT molecular complexity index is 673. The first-order valence-corrected chi connectivity index (χ1v) is 7.49. The molecule has 5 heteroatoms. The average molecular weight is 318 g/mol. The highest BCUT2D eigenvalue weighted by atomic mass is 35.5. The summed E-state index contributed by atoms with van der Waals surface area (Å²) in [6.07, 6.45) is 0.253. The fraction of sp³-hybridized carbons (Fsp3) is 0.235. The molecule has 0 aliphatic carbocycles. The summed E-state index contributed by atoms with van der Waals surface area (Å²) in [5.41, 5.74) is 1.87. The molecule has 0 aromatic heterocycles. The lowest BCUT2D eigenvalue weighted by Crippen LogP contribution is -2.24. The number of hydrogen-bond donors (Lipinski definition) is 1. The predicted octanol–water partition coefficient (Wildman–Crippen LogP) is 2.97. The van der Waals surface area contributed by atoms with Gasteiger partial charge in [0.2, 0.25) is 5.91 Å². The number of ether oxygens (including phenoxy) is 2. The highest BCUT2D eigenvalue weighted by Gasteiger charge is 2.17. The highest BCUT2D eigenvalue weighted by molar-refractivity contribution is 6.32. The van der Waals surface area contributed by atoms with E-state index in [1.54, 1.807) is 6.07 Å². The summed E-state index contributed by atoms with van der Waals surface area (Å²) in [6, 6.07) is 13.3. The third-order valence-corrected chi connectivity index (χ3v) is 3.63. The van der Waals surface area contributed by atoms with Crippen molar-refractivity contribution >= 4 is 17.5 Å². The van der Waals surface area contributed by atoms with E-state index in [1.807, 2.05) is 36.4 Å². The van der Waals surface area contributed by atoms with E-state index in [0.29, 0.717) is 36.3 Å². The Morgan fingerprint density at radius 3 is 2.68 bits per heavy atom. The van der Waals surface area contributed by atoms with Crippen LogP contribution < -0.4 is 14.8 Å². The summed E-state index contributed by atoms with van der Waals surface area (Å²) in [4.78, 5) is 12.0. The fourth-order valence-electron chi connectivity index (χ4n) is 2.31. The summed E-state index contributed by atoms with van der Waals surface area (Å²) in [5.74, 6) is 1.10. The highest BCUT2D eigenvalue weighted by Crippen LogP contribution is 2.38. The summed E-state index contributed by atoms with van der Waals surface area (Å²) >= 11 is 6.17. The largest absolute Gasteiger partial charge is 0.486 e. The number of carbonyl (C=O) groups is 1. The van der Waals surface area contributed by atoms with Crippen molar-refractivity contribution in [3.8, 4) is 11.5 Å². The van der Waals surface area contributed by atoms with E-state index >= 15 is 0 Å². The topological polar surface area (TPSA) is 47.6 Å². The van der Waals surface area contributed by atoms with Crippen LogP contribution in [-0.2, 0) is 17.8 Å². The van der Waals surface area contributed by atoms with Gasteiger partial charge in [0.25, 0.3) is 0 Å². The van der Waals surface area contributed by atoms with Crippen molar-refractivity contribution in [3.63, 3.8) is 0 Å². The molecule has 0 radical (unpaired) electrons. The Labute approximate surface area is 134 Å². The molecule has 22 heavy (non-hydrogen) atoms. The number of nitrogens with one attached hydrogen (secondary N) is 1. The second-order valence-corrected chi connectivity index (χ2v) is 5.45. The minimum absolute atomic E-state index is 0.0587. The molecule has 1 heterocycles. The monoisotopic (exact) mass is 317 g/mol. The van der Waals surface area contributed by atoms with Gasteiger partial charge in [-0.05, 0) is 23.3 Å². The molecule has 0 unspecified atom stereocenters. The van der Waals surface area contributed by atoms with Crippen LogP contribution in [0.1, 0.15) is 11.1 Å². The Balaban J connectivity index is 1.63. The van der Waals surface area contributed by atoms with Crippen LogP contribution in [0.3, 0.4) is 0 Å². The van der Waals surface area contributed by atoms with Crippen LogP contribution in [0.15, 0.2) is 42.5 Å². The molecule has 1 aliphatic rings. The maximum Gasteiger partial charge on any atom is 0.224 e. The lowest BCUT2D eigenvalue weighted by molar-refractivity contribution is -0.120. The van der Waals surface area contributed by atoms with Crippen LogP contribution in [0.5, 0.6) is 11.5 Å². The van der Waals surface area contributed by atoms with E-state index in [2.05, 4.69) is 5.32 Å². The van der Waals surface area contributed by atoms with E-state index in [9.17, 15) is 4.79 Å². The minimum Gasteiger partial charge on any atom is -0.486 e. The quantitative estimate of drug-likeness (QED) is 0.943. The SMILES string of the molecule is O=C(Cc1cc(Cl)c2c(c1)OCCO2)NCc1ccccc1. The van der Waals surface area contributed by atoms with Gasteiger partial charge in [-0.1, -0.05) is 41.9 Å².